The molecule has 0 radical (unpaired) electrons. The Bertz CT molecular complexity index is 274. The van der Waals surface area contributed by atoms with E-state index in [1.165, 1.54) is 6.20 Å². The predicted molar refractivity (Wildman–Crippen MR) is 50.2 cm³/mol. The first-order valence-corrected chi connectivity index (χ1v) is 4.02. The highest BCUT2D eigenvalue weighted by Gasteiger charge is 2.05. The number of nitrogens with one attached hydrogen (secondary N) is 1. The summed E-state index contributed by atoms with van der Waals surface area (Å²) < 4.78 is 0. The van der Waals surface area contributed by atoms with Crippen LogP contribution < -0.4 is 11.1 Å². The molecule has 0 atom stereocenters. The molecule has 0 fully saturated rings. The summed E-state index contributed by atoms with van der Waals surface area (Å²) in [6.45, 7) is 3.98. The molecule has 3 N–H and O–H groups in total. The molecular weight excluding hydrogens is 176 g/mol. The van der Waals surface area contributed by atoms with E-state index in [1.807, 2.05) is 13.8 Å². The number of anilines is 2. The lowest BCUT2D eigenvalue weighted by molar-refractivity contribution is 0.875. The Morgan fingerprint density at radius 2 is 2.25 bits per heavy atom. The smallest absolute Gasteiger partial charge is 0.173 e. The van der Waals surface area contributed by atoms with Gasteiger partial charge in [0.25, 0.3) is 0 Å². The Kier molecular flexibility index (Phi) is 2.70. The summed E-state index contributed by atoms with van der Waals surface area (Å²) in [5.41, 5.74) is 6.08. The van der Waals surface area contributed by atoms with Gasteiger partial charge in [-0.05, 0) is 13.8 Å². The van der Waals surface area contributed by atoms with Crippen LogP contribution >= 0.6 is 11.6 Å². The van der Waals surface area contributed by atoms with E-state index >= 15 is 0 Å². The van der Waals surface area contributed by atoms with E-state index in [2.05, 4.69) is 15.5 Å². The molecule has 0 amide bonds. The Hall–Kier alpha value is -1.03. The van der Waals surface area contributed by atoms with Gasteiger partial charge in [-0.3, -0.25) is 0 Å². The lowest BCUT2D eigenvalue weighted by Gasteiger charge is -2.10. The van der Waals surface area contributed by atoms with Crippen LogP contribution in [0.1, 0.15) is 13.8 Å². The second-order valence-electron chi connectivity index (χ2n) is 2.75. The van der Waals surface area contributed by atoms with Gasteiger partial charge in [0.2, 0.25) is 0 Å². The van der Waals surface area contributed by atoms with Gasteiger partial charge in [-0.2, -0.15) is 5.10 Å². The second-order valence-corrected chi connectivity index (χ2v) is 3.16. The largest absolute Gasteiger partial charge is 0.394 e. The molecule has 0 aromatic carbocycles. The maximum atomic E-state index is 5.73. The van der Waals surface area contributed by atoms with Crippen molar-refractivity contribution in [2.45, 2.75) is 19.9 Å². The van der Waals surface area contributed by atoms with Crippen LogP contribution in [0.4, 0.5) is 11.5 Å². The number of nitrogens with zero attached hydrogens (tertiary/aromatic N) is 2. The molecule has 0 saturated carbocycles. The molecule has 66 valence electrons. The number of hydrogen-bond donors (Lipinski definition) is 2. The monoisotopic (exact) mass is 186 g/mol. The van der Waals surface area contributed by atoms with Gasteiger partial charge >= 0.3 is 0 Å². The number of nitrogens with two attached hydrogens (primary N) is 1. The van der Waals surface area contributed by atoms with Crippen LogP contribution in [0.2, 0.25) is 5.02 Å². The second kappa shape index (κ2) is 3.58. The summed E-state index contributed by atoms with van der Waals surface area (Å²) in [7, 11) is 0. The Morgan fingerprint density at radius 3 is 2.83 bits per heavy atom. The van der Waals surface area contributed by atoms with Gasteiger partial charge in [-0.25, -0.2) is 0 Å². The fraction of sp³-hybridized carbons (Fsp3) is 0.429. The van der Waals surface area contributed by atoms with Crippen molar-refractivity contribution in [3.05, 3.63) is 11.2 Å². The van der Waals surface area contributed by atoms with E-state index in [4.69, 9.17) is 17.3 Å². The third-order valence-electron chi connectivity index (χ3n) is 1.27. The van der Waals surface area contributed by atoms with E-state index in [-0.39, 0.29) is 6.04 Å². The molecule has 4 nitrogen and oxygen atoms in total. The fourth-order valence-corrected chi connectivity index (χ4v) is 0.887. The first kappa shape index (κ1) is 9.06. The Labute approximate surface area is 76.1 Å². The average molecular weight is 187 g/mol. The first-order chi connectivity index (χ1) is 5.61. The van der Waals surface area contributed by atoms with Crippen LogP contribution in [0.3, 0.4) is 0 Å². The number of aromatic nitrogens is 2. The molecule has 1 heterocycles. The average Bonchev–Trinajstić information content (AvgIpc) is 1.98. The standard InChI is InChI=1S/C7H11ClN4/c1-4(2)11-7-6(9)5(8)3-10-12-7/h3-4H,1-2H3,(H2,9,10)(H,11,12). The molecule has 0 saturated heterocycles. The SMILES string of the molecule is CC(C)Nc1nncc(Cl)c1N. The molecule has 1 aromatic heterocycles. The maximum Gasteiger partial charge on any atom is 0.173 e. The van der Waals surface area contributed by atoms with Gasteiger partial charge < -0.3 is 11.1 Å². The van der Waals surface area contributed by atoms with Crippen LogP contribution in [0, 0.1) is 0 Å². The zero-order chi connectivity index (χ0) is 9.14. The van der Waals surface area contributed by atoms with Crippen LogP contribution in [-0.2, 0) is 0 Å². The first-order valence-electron chi connectivity index (χ1n) is 3.64. The molecule has 0 aliphatic heterocycles. The van der Waals surface area contributed by atoms with E-state index in [0.717, 1.165) is 0 Å². The van der Waals surface area contributed by atoms with Gasteiger partial charge in [0.1, 0.15) is 0 Å². The molecule has 0 bridgehead atoms. The summed E-state index contributed by atoms with van der Waals surface area (Å²) in [6, 6.07) is 0.264. The van der Waals surface area contributed by atoms with Gasteiger partial charge in [0.05, 0.1) is 16.9 Å². The Morgan fingerprint density at radius 1 is 1.58 bits per heavy atom. The summed E-state index contributed by atoms with van der Waals surface area (Å²) in [4.78, 5) is 0. The quantitative estimate of drug-likeness (QED) is 0.736. The van der Waals surface area contributed by atoms with E-state index in [0.29, 0.717) is 16.5 Å². The Balaban J connectivity index is 2.92. The lowest BCUT2D eigenvalue weighted by atomic mass is 10.3. The highest BCUT2D eigenvalue weighted by Crippen LogP contribution is 2.23. The fourth-order valence-electron chi connectivity index (χ4n) is 0.754. The van der Waals surface area contributed by atoms with Crippen molar-refractivity contribution in [2.75, 3.05) is 11.1 Å². The molecule has 1 aromatic rings. The molecule has 1 rings (SSSR count). The van der Waals surface area contributed by atoms with Crippen LogP contribution in [0.5, 0.6) is 0 Å². The minimum atomic E-state index is 0.264. The van der Waals surface area contributed by atoms with Gasteiger partial charge in [0, 0.05) is 6.04 Å². The molecule has 0 aliphatic carbocycles. The summed E-state index contributed by atoms with van der Waals surface area (Å²) in [5.74, 6) is 0.539. The molecule has 0 unspecified atom stereocenters. The third kappa shape index (κ3) is 1.98. The van der Waals surface area contributed by atoms with Gasteiger partial charge in [-0.1, -0.05) is 11.6 Å². The van der Waals surface area contributed by atoms with Crippen molar-refractivity contribution in [3.63, 3.8) is 0 Å². The number of hydrogen-bond acceptors (Lipinski definition) is 4. The van der Waals surface area contributed by atoms with E-state index < -0.39 is 0 Å². The van der Waals surface area contributed by atoms with E-state index in [1.54, 1.807) is 0 Å². The highest BCUT2D eigenvalue weighted by molar-refractivity contribution is 6.33. The summed E-state index contributed by atoms with van der Waals surface area (Å²) in [6.07, 6.45) is 1.42. The minimum Gasteiger partial charge on any atom is -0.394 e. The van der Waals surface area contributed by atoms with Crippen molar-refractivity contribution in [3.8, 4) is 0 Å². The zero-order valence-electron chi connectivity index (χ0n) is 7.00. The lowest BCUT2D eigenvalue weighted by Crippen LogP contribution is -2.13. The van der Waals surface area contributed by atoms with Crippen molar-refractivity contribution in [1.29, 1.82) is 0 Å². The molecule has 0 aliphatic rings. The van der Waals surface area contributed by atoms with Crippen LogP contribution in [0.15, 0.2) is 6.20 Å². The van der Waals surface area contributed by atoms with Crippen molar-refractivity contribution < 1.29 is 0 Å². The van der Waals surface area contributed by atoms with Crippen molar-refractivity contribution >= 4 is 23.1 Å². The number of nitrogen functional groups attached to an aromatic ring is 1. The number of halogens is 1. The molecule has 0 spiro atoms. The van der Waals surface area contributed by atoms with Crippen molar-refractivity contribution in [1.82, 2.24) is 10.2 Å². The van der Waals surface area contributed by atoms with Crippen LogP contribution in [0.25, 0.3) is 0 Å². The number of rotatable bonds is 2. The normalized spacial score (nSPS) is 10.3. The minimum absolute atomic E-state index is 0.264. The van der Waals surface area contributed by atoms with E-state index in [9.17, 15) is 0 Å². The van der Waals surface area contributed by atoms with Gasteiger partial charge in [0.15, 0.2) is 5.82 Å². The van der Waals surface area contributed by atoms with Gasteiger partial charge in [-0.15, -0.1) is 5.10 Å². The molecular formula is C7H11ClN4. The zero-order valence-corrected chi connectivity index (χ0v) is 7.76. The molecule has 12 heavy (non-hydrogen) atoms. The summed E-state index contributed by atoms with van der Waals surface area (Å²) in [5, 5.41) is 10.9. The van der Waals surface area contributed by atoms with Crippen LogP contribution in [-0.4, -0.2) is 16.2 Å². The highest BCUT2D eigenvalue weighted by atomic mass is 35.5. The third-order valence-corrected chi connectivity index (χ3v) is 1.57. The topological polar surface area (TPSA) is 63.8 Å². The maximum absolute atomic E-state index is 5.73. The van der Waals surface area contributed by atoms with Crippen molar-refractivity contribution in [2.24, 2.45) is 0 Å². The summed E-state index contributed by atoms with van der Waals surface area (Å²) >= 11 is 5.73. The molecule has 5 heteroatoms. The predicted octanol–water partition coefficient (Wildman–Crippen LogP) is 1.53.